The van der Waals surface area contributed by atoms with Crippen LogP contribution in [0.1, 0.15) is 51.8 Å². The summed E-state index contributed by atoms with van der Waals surface area (Å²) in [4.78, 5) is 16.5. The molecule has 2 heterocycles. The minimum absolute atomic E-state index is 0.0786. The van der Waals surface area contributed by atoms with E-state index in [4.69, 9.17) is 0 Å². The van der Waals surface area contributed by atoms with Gasteiger partial charge in [-0.1, -0.05) is 20.8 Å². The summed E-state index contributed by atoms with van der Waals surface area (Å²) in [6.07, 6.45) is 4.57. The molecule has 0 radical (unpaired) electrons. The monoisotopic (exact) mass is 319 g/mol. The second-order valence-corrected chi connectivity index (χ2v) is 6.69. The first-order valence-electron chi connectivity index (χ1n) is 7.84. The number of hydrogen-bond acceptors (Lipinski definition) is 5. The molecule has 0 fully saturated rings. The number of carbonyl (C=O) groups is 1. The zero-order valence-electron chi connectivity index (χ0n) is 14.4. The van der Waals surface area contributed by atoms with Crippen LogP contribution in [0.2, 0.25) is 0 Å². The molecule has 1 atom stereocenters. The Labute approximate surface area is 136 Å². The van der Waals surface area contributed by atoms with Crippen molar-refractivity contribution >= 4 is 5.91 Å². The number of imidazole rings is 1. The number of rotatable bonds is 6. The summed E-state index contributed by atoms with van der Waals surface area (Å²) in [6, 6.07) is -0.436. The summed E-state index contributed by atoms with van der Waals surface area (Å²) in [7, 11) is 0. The van der Waals surface area contributed by atoms with Crippen molar-refractivity contribution in [3.8, 4) is 0 Å². The molecule has 2 rings (SSSR count). The van der Waals surface area contributed by atoms with Crippen LogP contribution in [-0.2, 0) is 16.8 Å². The quantitative estimate of drug-likeness (QED) is 0.809. The van der Waals surface area contributed by atoms with E-state index >= 15 is 0 Å². The lowest BCUT2D eigenvalue weighted by Crippen LogP contribution is -2.34. The van der Waals surface area contributed by atoms with E-state index in [0.29, 0.717) is 12.4 Å². The first kappa shape index (κ1) is 17.1. The van der Waals surface area contributed by atoms with Gasteiger partial charge in [-0.3, -0.25) is 4.79 Å². The van der Waals surface area contributed by atoms with Gasteiger partial charge in [0.05, 0.1) is 0 Å². The third-order valence-corrected chi connectivity index (χ3v) is 3.71. The maximum absolute atomic E-state index is 12.3. The van der Waals surface area contributed by atoms with Crippen LogP contribution in [0.3, 0.4) is 0 Å². The van der Waals surface area contributed by atoms with Gasteiger partial charge in [0, 0.05) is 30.9 Å². The molecule has 1 amide bonds. The van der Waals surface area contributed by atoms with Gasteiger partial charge < -0.3 is 9.88 Å². The number of amides is 1. The zero-order chi connectivity index (χ0) is 17.0. The smallest absolute Gasteiger partial charge is 0.244 e. The number of nitrogens with zero attached hydrogens (tertiary/aromatic N) is 6. The Morgan fingerprint density at radius 3 is 2.74 bits per heavy atom. The van der Waals surface area contributed by atoms with Crippen LogP contribution < -0.4 is 5.32 Å². The molecular formula is C15H25N7O. The molecule has 0 saturated heterocycles. The molecule has 8 nitrogen and oxygen atoms in total. The van der Waals surface area contributed by atoms with E-state index in [2.05, 4.69) is 30.4 Å². The minimum atomic E-state index is -0.436. The average molecular weight is 319 g/mol. The summed E-state index contributed by atoms with van der Waals surface area (Å²) in [5, 5.41) is 14.7. The fourth-order valence-electron chi connectivity index (χ4n) is 2.31. The predicted molar refractivity (Wildman–Crippen MR) is 85.8 cm³/mol. The molecule has 0 aliphatic heterocycles. The van der Waals surface area contributed by atoms with Crippen LogP contribution in [0.25, 0.3) is 0 Å². The van der Waals surface area contributed by atoms with E-state index < -0.39 is 6.04 Å². The second-order valence-electron chi connectivity index (χ2n) is 6.69. The van der Waals surface area contributed by atoms with Crippen molar-refractivity contribution in [1.82, 2.24) is 35.1 Å². The molecule has 1 N–H and O–H groups in total. The van der Waals surface area contributed by atoms with Gasteiger partial charge in [-0.05, 0) is 30.7 Å². The number of aryl methyl sites for hydroxylation is 2. The third kappa shape index (κ3) is 4.14. The topological polar surface area (TPSA) is 90.5 Å². The van der Waals surface area contributed by atoms with Gasteiger partial charge in [0.15, 0.2) is 5.82 Å². The Bertz CT molecular complexity index is 653. The standard InChI is InChI=1S/C15H25N7O/c1-11(22-14(15(3,4)5)18-19-20-22)13(23)17-7-6-9-21-10-8-16-12(21)2/h8,10-11H,6-7,9H2,1-5H3,(H,17,23)/t11-/m0/s1. The van der Waals surface area contributed by atoms with Crippen molar-refractivity contribution in [3.63, 3.8) is 0 Å². The molecule has 0 spiro atoms. The minimum Gasteiger partial charge on any atom is -0.354 e. The average Bonchev–Trinajstić information content (AvgIpc) is 3.11. The molecular weight excluding hydrogens is 294 g/mol. The Kier molecular flexibility index (Phi) is 5.12. The van der Waals surface area contributed by atoms with Crippen molar-refractivity contribution in [1.29, 1.82) is 0 Å². The van der Waals surface area contributed by atoms with Crippen LogP contribution in [0.5, 0.6) is 0 Å². The number of tetrazole rings is 1. The summed E-state index contributed by atoms with van der Waals surface area (Å²) >= 11 is 0. The highest BCUT2D eigenvalue weighted by Crippen LogP contribution is 2.21. The fourth-order valence-corrected chi connectivity index (χ4v) is 2.31. The molecule has 0 aromatic carbocycles. The zero-order valence-corrected chi connectivity index (χ0v) is 14.4. The normalized spacial score (nSPS) is 13.1. The lowest BCUT2D eigenvalue weighted by Gasteiger charge is -2.20. The molecule has 2 aromatic heterocycles. The second kappa shape index (κ2) is 6.89. The van der Waals surface area contributed by atoms with Crippen molar-refractivity contribution in [3.05, 3.63) is 24.0 Å². The number of carbonyl (C=O) groups excluding carboxylic acids is 1. The van der Waals surface area contributed by atoms with Crippen LogP contribution in [-0.4, -0.2) is 42.2 Å². The SMILES string of the molecule is Cc1nccn1CCCNC(=O)[C@H](C)n1nnnc1C(C)(C)C. The Balaban J connectivity index is 1.86. The maximum atomic E-state index is 12.3. The third-order valence-electron chi connectivity index (χ3n) is 3.71. The molecule has 0 unspecified atom stereocenters. The Morgan fingerprint density at radius 1 is 1.39 bits per heavy atom. The Morgan fingerprint density at radius 2 is 2.13 bits per heavy atom. The number of hydrogen-bond donors (Lipinski definition) is 1. The van der Waals surface area contributed by atoms with E-state index in [1.54, 1.807) is 17.8 Å². The lowest BCUT2D eigenvalue weighted by atomic mass is 9.95. The van der Waals surface area contributed by atoms with Gasteiger partial charge in [-0.15, -0.1) is 5.10 Å². The highest BCUT2D eigenvalue weighted by atomic mass is 16.2. The van der Waals surface area contributed by atoms with E-state index in [1.165, 1.54) is 0 Å². The van der Waals surface area contributed by atoms with Crippen LogP contribution >= 0.6 is 0 Å². The van der Waals surface area contributed by atoms with Crippen LogP contribution in [0.4, 0.5) is 0 Å². The largest absolute Gasteiger partial charge is 0.354 e. The van der Waals surface area contributed by atoms with Crippen LogP contribution in [0, 0.1) is 6.92 Å². The first-order valence-corrected chi connectivity index (χ1v) is 7.84. The van der Waals surface area contributed by atoms with Crippen molar-refractivity contribution in [2.24, 2.45) is 0 Å². The van der Waals surface area contributed by atoms with Crippen molar-refractivity contribution < 1.29 is 4.79 Å². The van der Waals surface area contributed by atoms with Crippen molar-refractivity contribution in [2.75, 3.05) is 6.54 Å². The summed E-state index contributed by atoms with van der Waals surface area (Å²) < 4.78 is 3.66. The van der Waals surface area contributed by atoms with Gasteiger partial charge in [-0.25, -0.2) is 9.67 Å². The van der Waals surface area contributed by atoms with Gasteiger partial charge in [0.1, 0.15) is 11.9 Å². The highest BCUT2D eigenvalue weighted by molar-refractivity contribution is 5.79. The summed E-state index contributed by atoms with van der Waals surface area (Å²) in [6.45, 7) is 11.3. The molecule has 0 aliphatic rings. The molecule has 8 heteroatoms. The molecule has 0 saturated carbocycles. The van der Waals surface area contributed by atoms with Gasteiger partial charge in [-0.2, -0.15) is 0 Å². The van der Waals surface area contributed by atoms with E-state index in [0.717, 1.165) is 18.8 Å². The highest BCUT2D eigenvalue weighted by Gasteiger charge is 2.27. The van der Waals surface area contributed by atoms with E-state index in [-0.39, 0.29) is 11.3 Å². The number of aromatic nitrogens is 6. The Hall–Kier alpha value is -2.25. The lowest BCUT2D eigenvalue weighted by molar-refractivity contribution is -0.124. The van der Waals surface area contributed by atoms with Gasteiger partial charge in [0.25, 0.3) is 0 Å². The first-order chi connectivity index (χ1) is 10.8. The summed E-state index contributed by atoms with van der Waals surface area (Å²) in [5.41, 5.74) is -0.211. The van der Waals surface area contributed by atoms with E-state index in [1.807, 2.05) is 33.9 Å². The number of nitrogens with one attached hydrogen (secondary N) is 1. The van der Waals surface area contributed by atoms with Crippen LogP contribution in [0.15, 0.2) is 12.4 Å². The predicted octanol–water partition coefficient (Wildman–Crippen LogP) is 1.24. The van der Waals surface area contributed by atoms with Gasteiger partial charge >= 0.3 is 0 Å². The van der Waals surface area contributed by atoms with E-state index in [9.17, 15) is 4.79 Å². The van der Waals surface area contributed by atoms with Gasteiger partial charge in [0.2, 0.25) is 5.91 Å². The van der Waals surface area contributed by atoms with Crippen molar-refractivity contribution in [2.45, 2.75) is 59.0 Å². The molecule has 0 bridgehead atoms. The molecule has 23 heavy (non-hydrogen) atoms. The summed E-state index contributed by atoms with van der Waals surface area (Å²) in [5.74, 6) is 1.60. The maximum Gasteiger partial charge on any atom is 0.244 e. The molecule has 126 valence electrons. The fraction of sp³-hybridized carbons (Fsp3) is 0.667. The molecule has 0 aliphatic carbocycles. The molecule has 2 aromatic rings.